The molecule has 0 unspecified atom stereocenters. The molecule has 0 bridgehead atoms. The summed E-state index contributed by atoms with van der Waals surface area (Å²) in [6.07, 6.45) is 0.962. The van der Waals surface area contributed by atoms with Gasteiger partial charge in [-0.15, -0.1) is 0 Å². The molecule has 1 aromatic rings. The van der Waals surface area contributed by atoms with Gasteiger partial charge in [0.1, 0.15) is 18.0 Å². The van der Waals surface area contributed by atoms with Gasteiger partial charge in [-0.25, -0.2) is 0 Å². The van der Waals surface area contributed by atoms with Gasteiger partial charge in [0.2, 0.25) is 11.8 Å². The van der Waals surface area contributed by atoms with Gasteiger partial charge < -0.3 is 29.9 Å². The third-order valence-corrected chi connectivity index (χ3v) is 5.93. The highest BCUT2D eigenvalue weighted by molar-refractivity contribution is 14.1. The molecule has 2 rings (SSSR count). The molecule has 3 atom stereocenters. The number of hydrogen-bond donors (Lipinski definition) is 3. The van der Waals surface area contributed by atoms with Crippen LogP contribution in [-0.4, -0.2) is 78.6 Å². The van der Waals surface area contributed by atoms with Crippen LogP contribution >= 0.6 is 22.6 Å². The number of methoxy groups -OCH3 is 1. The van der Waals surface area contributed by atoms with Crippen LogP contribution in [0.3, 0.4) is 0 Å². The second-order valence-electron chi connectivity index (χ2n) is 7.28. The lowest BCUT2D eigenvalue weighted by Gasteiger charge is -2.40. The highest BCUT2D eigenvalue weighted by Gasteiger charge is 2.40. The van der Waals surface area contributed by atoms with Gasteiger partial charge in [0.25, 0.3) is 0 Å². The molecule has 0 radical (unpaired) electrons. The smallest absolute Gasteiger partial charge is 0.247 e. The van der Waals surface area contributed by atoms with Crippen LogP contribution in [-0.2, 0) is 14.3 Å². The molecule has 31 heavy (non-hydrogen) atoms. The monoisotopic (exact) mass is 546 g/mol. The number of nitrogens with zero attached hydrogens (tertiary/aromatic N) is 1. The van der Waals surface area contributed by atoms with Gasteiger partial charge in [-0.05, 0) is 47.2 Å². The molecule has 172 valence electrons. The molecule has 0 aromatic heterocycles. The van der Waals surface area contributed by atoms with Crippen LogP contribution in [0, 0.1) is 3.57 Å². The number of aliphatic hydroxyl groups excluding tert-OH is 2. The molecule has 0 saturated carbocycles. The summed E-state index contributed by atoms with van der Waals surface area (Å²) in [4.78, 5) is 27.1. The van der Waals surface area contributed by atoms with Crippen LogP contribution in [0.5, 0.6) is 5.75 Å². The van der Waals surface area contributed by atoms with Crippen molar-refractivity contribution in [3.8, 4) is 5.75 Å². The predicted molar refractivity (Wildman–Crippen MR) is 125 cm³/mol. The Balaban J connectivity index is 2.36. The summed E-state index contributed by atoms with van der Waals surface area (Å²) in [6, 6.07) is 6.76. The maximum absolute atomic E-state index is 12.8. The number of nitrogens with one attached hydrogen (secondary N) is 1. The fourth-order valence-electron chi connectivity index (χ4n) is 3.49. The normalized spacial score (nSPS) is 20.7. The molecule has 1 aromatic carbocycles. The van der Waals surface area contributed by atoms with E-state index in [4.69, 9.17) is 14.6 Å². The lowest BCUT2D eigenvalue weighted by Crippen LogP contribution is -2.55. The predicted octanol–water partition coefficient (Wildman–Crippen LogP) is 1.48. The summed E-state index contributed by atoms with van der Waals surface area (Å²) in [5.41, 5.74) is 0.409. The molecule has 0 saturated heterocycles. The van der Waals surface area contributed by atoms with Crippen molar-refractivity contribution in [3.05, 3.63) is 39.5 Å². The Bertz CT molecular complexity index is 772. The van der Waals surface area contributed by atoms with Crippen LogP contribution in [0.2, 0.25) is 0 Å². The zero-order valence-corrected chi connectivity index (χ0v) is 20.1. The van der Waals surface area contributed by atoms with Crippen LogP contribution in [0.25, 0.3) is 0 Å². The Labute approximate surface area is 196 Å². The molecular weight excluding hydrogens is 515 g/mol. The lowest BCUT2D eigenvalue weighted by atomic mass is 9.88. The minimum Gasteiger partial charge on any atom is -0.482 e. The van der Waals surface area contributed by atoms with Crippen molar-refractivity contribution in [1.82, 2.24) is 10.2 Å². The Hall–Kier alpha value is -1.69. The first-order valence-corrected chi connectivity index (χ1v) is 11.5. The maximum atomic E-state index is 12.8. The molecule has 0 heterocycles. The Morgan fingerprint density at radius 2 is 2.06 bits per heavy atom. The minimum absolute atomic E-state index is 0.103. The van der Waals surface area contributed by atoms with E-state index in [1.165, 1.54) is 0 Å². The van der Waals surface area contributed by atoms with Gasteiger partial charge >= 0.3 is 0 Å². The Morgan fingerprint density at radius 3 is 2.71 bits per heavy atom. The SMILES string of the molecule is CCCC(=O)N(CCOC)[C@@H]1CC(C(=O)NCCO)=C[C@H](Oc2ccccc2I)[C@H]1O. The largest absolute Gasteiger partial charge is 0.482 e. The lowest BCUT2D eigenvalue weighted by molar-refractivity contribution is -0.139. The van der Waals surface area contributed by atoms with Crippen LogP contribution in [0.1, 0.15) is 26.2 Å². The third-order valence-electron chi connectivity index (χ3n) is 5.03. The van der Waals surface area contributed by atoms with Gasteiger partial charge in [0, 0.05) is 38.6 Å². The van der Waals surface area contributed by atoms with Gasteiger partial charge in [-0.1, -0.05) is 19.1 Å². The number of amides is 2. The summed E-state index contributed by atoms with van der Waals surface area (Å²) in [7, 11) is 1.55. The van der Waals surface area contributed by atoms with Crippen molar-refractivity contribution in [2.24, 2.45) is 0 Å². The van der Waals surface area contributed by atoms with Crippen molar-refractivity contribution in [3.63, 3.8) is 0 Å². The first-order valence-electron chi connectivity index (χ1n) is 10.4. The first-order chi connectivity index (χ1) is 14.9. The van der Waals surface area contributed by atoms with Crippen molar-refractivity contribution < 1.29 is 29.3 Å². The number of benzene rings is 1. The number of para-hydroxylation sites is 1. The molecule has 1 aliphatic carbocycles. The number of carbonyl (C=O) groups excluding carboxylic acids is 2. The Kier molecular flexibility index (Phi) is 10.7. The first kappa shape index (κ1) is 25.6. The Morgan fingerprint density at radius 1 is 1.32 bits per heavy atom. The van der Waals surface area contributed by atoms with Gasteiger partial charge in [-0.3, -0.25) is 9.59 Å². The van der Waals surface area contributed by atoms with Gasteiger partial charge in [0.15, 0.2) is 0 Å². The van der Waals surface area contributed by atoms with Crippen molar-refractivity contribution in [2.75, 3.05) is 33.4 Å². The average molecular weight is 546 g/mol. The quantitative estimate of drug-likeness (QED) is 0.363. The number of hydrogen-bond acceptors (Lipinski definition) is 6. The summed E-state index contributed by atoms with van der Waals surface area (Å²) < 4.78 is 12.1. The topological polar surface area (TPSA) is 108 Å². The molecule has 3 N–H and O–H groups in total. The van der Waals surface area contributed by atoms with E-state index in [-0.39, 0.29) is 31.4 Å². The second-order valence-corrected chi connectivity index (χ2v) is 8.44. The van der Waals surface area contributed by atoms with E-state index in [2.05, 4.69) is 27.9 Å². The minimum atomic E-state index is -1.02. The van der Waals surface area contributed by atoms with Crippen molar-refractivity contribution >= 4 is 34.4 Å². The zero-order valence-electron chi connectivity index (χ0n) is 17.9. The van der Waals surface area contributed by atoms with Gasteiger partial charge in [0.05, 0.1) is 22.8 Å². The highest BCUT2D eigenvalue weighted by Crippen LogP contribution is 2.29. The van der Waals surface area contributed by atoms with Crippen LogP contribution < -0.4 is 10.1 Å². The molecule has 8 nitrogen and oxygen atoms in total. The average Bonchev–Trinajstić information content (AvgIpc) is 2.76. The zero-order chi connectivity index (χ0) is 22.8. The maximum Gasteiger partial charge on any atom is 0.247 e. The van der Waals surface area contributed by atoms with E-state index in [0.29, 0.717) is 37.3 Å². The van der Waals surface area contributed by atoms with E-state index in [1.54, 1.807) is 24.2 Å². The van der Waals surface area contributed by atoms with Crippen molar-refractivity contribution in [2.45, 2.75) is 44.4 Å². The van der Waals surface area contributed by atoms with E-state index in [9.17, 15) is 14.7 Å². The van der Waals surface area contributed by atoms with Crippen LogP contribution in [0.15, 0.2) is 35.9 Å². The standard InChI is InChI=1S/C22H31IN2O6/c1-3-6-20(27)25(10-12-30-2)17-13-15(22(29)24-9-11-26)14-19(21(17)28)31-18-8-5-4-7-16(18)23/h4-5,7-8,14,17,19,21,26,28H,3,6,9-13H2,1-2H3,(H,24,29)/t17-,19+,21+/m1/s1. The third kappa shape index (κ3) is 7.16. The number of rotatable bonds is 11. The van der Waals surface area contributed by atoms with Crippen molar-refractivity contribution in [1.29, 1.82) is 0 Å². The summed E-state index contributed by atoms with van der Waals surface area (Å²) >= 11 is 2.14. The fourth-order valence-corrected chi connectivity index (χ4v) is 4.00. The van der Waals surface area contributed by atoms with E-state index >= 15 is 0 Å². The molecule has 2 amide bonds. The molecule has 0 fully saturated rings. The fraction of sp³-hybridized carbons (Fsp3) is 0.545. The second kappa shape index (κ2) is 13.0. The number of halogens is 1. The number of aliphatic hydroxyl groups is 2. The van der Waals surface area contributed by atoms with Crippen LogP contribution in [0.4, 0.5) is 0 Å². The van der Waals surface area contributed by atoms with E-state index in [0.717, 1.165) is 3.57 Å². The summed E-state index contributed by atoms with van der Waals surface area (Å²) in [5.74, 6) is 0.132. The molecule has 0 spiro atoms. The van der Waals surface area contributed by atoms with E-state index in [1.807, 2.05) is 25.1 Å². The number of carbonyl (C=O) groups is 2. The molecule has 0 aliphatic heterocycles. The molecular formula is C22H31IN2O6. The summed E-state index contributed by atoms with van der Waals surface area (Å²) in [6.45, 7) is 2.48. The highest BCUT2D eigenvalue weighted by atomic mass is 127. The number of ether oxygens (including phenoxy) is 2. The van der Waals surface area contributed by atoms with E-state index < -0.39 is 18.2 Å². The molecule has 9 heteroatoms. The molecule has 1 aliphatic rings. The summed E-state index contributed by atoms with van der Waals surface area (Å²) in [5, 5.41) is 22.8. The van der Waals surface area contributed by atoms with Gasteiger partial charge in [-0.2, -0.15) is 0 Å².